The Kier molecular flexibility index (Phi) is 6.25. The molecule has 1 saturated carbocycles. The highest BCUT2D eigenvalue weighted by Crippen LogP contribution is 2.43. The van der Waals surface area contributed by atoms with Gasteiger partial charge in [-0.2, -0.15) is 4.31 Å². The van der Waals surface area contributed by atoms with Gasteiger partial charge in [-0.1, -0.05) is 47.0 Å². The first-order valence-corrected chi connectivity index (χ1v) is 13.1. The average Bonchev–Trinajstić information content (AvgIpc) is 3.37. The first-order valence-electron chi connectivity index (χ1n) is 11.6. The largest absolute Gasteiger partial charge is 0.468 e. The van der Waals surface area contributed by atoms with Crippen molar-refractivity contribution < 1.29 is 17.6 Å². The third-order valence-corrected chi connectivity index (χ3v) is 8.68. The molecule has 1 aromatic heterocycles. The van der Waals surface area contributed by atoms with Crippen LogP contribution < -0.4 is 4.90 Å². The van der Waals surface area contributed by atoms with E-state index >= 15 is 0 Å². The fourth-order valence-corrected chi connectivity index (χ4v) is 6.68. The summed E-state index contributed by atoms with van der Waals surface area (Å²) in [7, 11) is -3.73. The number of benzene rings is 1. The number of hydrogen-bond donors (Lipinski definition) is 0. The molecule has 6 nitrogen and oxygen atoms in total. The number of carbonyl (C=O) groups is 1. The smallest absolute Gasteiger partial charge is 0.243 e. The molecule has 0 spiro atoms. The topological polar surface area (TPSA) is 70.8 Å². The van der Waals surface area contributed by atoms with E-state index in [1.165, 1.54) is 0 Å². The van der Waals surface area contributed by atoms with E-state index in [-0.39, 0.29) is 29.8 Å². The van der Waals surface area contributed by atoms with Gasteiger partial charge in [0, 0.05) is 29.6 Å². The zero-order valence-corrected chi connectivity index (χ0v) is 20.3. The Morgan fingerprint density at radius 3 is 2.53 bits per heavy atom. The van der Waals surface area contributed by atoms with Crippen LogP contribution in [0.5, 0.6) is 0 Å². The lowest BCUT2D eigenvalue weighted by molar-refractivity contribution is -0.121. The van der Waals surface area contributed by atoms with Gasteiger partial charge in [0.25, 0.3) is 0 Å². The van der Waals surface area contributed by atoms with Crippen LogP contribution in [0, 0.1) is 5.92 Å². The fourth-order valence-electron chi connectivity index (χ4n) is 5.00. The fraction of sp³-hybridized carbons (Fsp3) is 0.560. The van der Waals surface area contributed by atoms with Crippen molar-refractivity contribution in [2.45, 2.75) is 82.7 Å². The lowest BCUT2D eigenvalue weighted by Gasteiger charge is -2.33. The SMILES string of the molecule is CC(C)C(=O)N1CC(C)(C)c2cc(S(=O)(=O)N(Cc3ccco3)C3CCCCC3)ccc21. The van der Waals surface area contributed by atoms with Crippen molar-refractivity contribution in [2.24, 2.45) is 5.92 Å². The summed E-state index contributed by atoms with van der Waals surface area (Å²) in [5, 5.41) is 0. The second-order valence-electron chi connectivity index (χ2n) is 10.1. The van der Waals surface area contributed by atoms with E-state index in [9.17, 15) is 13.2 Å². The Balaban J connectivity index is 1.73. The van der Waals surface area contributed by atoms with Gasteiger partial charge in [0.1, 0.15) is 5.76 Å². The third kappa shape index (κ3) is 4.25. The molecule has 2 aliphatic rings. The summed E-state index contributed by atoms with van der Waals surface area (Å²) in [6.45, 7) is 8.71. The van der Waals surface area contributed by atoms with E-state index in [1.807, 2.05) is 26.0 Å². The summed E-state index contributed by atoms with van der Waals surface area (Å²) in [5.74, 6) is 0.596. The monoisotopic (exact) mass is 458 g/mol. The minimum Gasteiger partial charge on any atom is -0.468 e. The molecule has 32 heavy (non-hydrogen) atoms. The van der Waals surface area contributed by atoms with E-state index in [1.54, 1.807) is 33.7 Å². The summed E-state index contributed by atoms with van der Waals surface area (Å²) in [4.78, 5) is 14.9. The van der Waals surface area contributed by atoms with Gasteiger partial charge in [0.05, 0.1) is 17.7 Å². The number of hydrogen-bond acceptors (Lipinski definition) is 4. The summed E-state index contributed by atoms with van der Waals surface area (Å²) in [6.07, 6.45) is 6.55. The summed E-state index contributed by atoms with van der Waals surface area (Å²) in [6, 6.07) is 8.85. The van der Waals surface area contributed by atoms with E-state index in [0.717, 1.165) is 43.4 Å². The van der Waals surface area contributed by atoms with Crippen molar-refractivity contribution in [3.8, 4) is 0 Å². The maximum atomic E-state index is 13.9. The van der Waals surface area contributed by atoms with Gasteiger partial charge in [-0.3, -0.25) is 4.79 Å². The van der Waals surface area contributed by atoms with Crippen LogP contribution >= 0.6 is 0 Å². The van der Waals surface area contributed by atoms with E-state index in [4.69, 9.17) is 4.42 Å². The zero-order chi connectivity index (χ0) is 23.1. The van der Waals surface area contributed by atoms with Crippen molar-refractivity contribution in [1.82, 2.24) is 4.31 Å². The molecule has 0 bridgehead atoms. The number of sulfonamides is 1. The molecule has 0 atom stereocenters. The van der Waals surface area contributed by atoms with Gasteiger partial charge < -0.3 is 9.32 Å². The van der Waals surface area contributed by atoms with Crippen LogP contribution in [0.15, 0.2) is 45.9 Å². The maximum Gasteiger partial charge on any atom is 0.243 e. The predicted octanol–water partition coefficient (Wildman–Crippen LogP) is 5.08. The average molecular weight is 459 g/mol. The second kappa shape index (κ2) is 8.67. The van der Waals surface area contributed by atoms with Gasteiger partial charge in [-0.05, 0) is 48.7 Å². The van der Waals surface area contributed by atoms with Crippen molar-refractivity contribution in [2.75, 3.05) is 11.4 Å². The van der Waals surface area contributed by atoms with E-state index < -0.39 is 10.0 Å². The van der Waals surface area contributed by atoms with Gasteiger partial charge in [-0.15, -0.1) is 0 Å². The molecule has 7 heteroatoms. The molecule has 1 aliphatic carbocycles. The Morgan fingerprint density at radius 2 is 1.91 bits per heavy atom. The Bertz CT molecular complexity index is 1070. The Morgan fingerprint density at radius 1 is 1.19 bits per heavy atom. The second-order valence-corrected chi connectivity index (χ2v) is 12.0. The molecule has 2 heterocycles. The molecule has 0 saturated heterocycles. The molecule has 174 valence electrons. The summed E-state index contributed by atoms with van der Waals surface area (Å²) < 4.78 is 34.9. The zero-order valence-electron chi connectivity index (χ0n) is 19.5. The van der Waals surface area contributed by atoms with E-state index in [2.05, 4.69) is 13.8 Å². The maximum absolute atomic E-state index is 13.9. The number of anilines is 1. The Hall–Kier alpha value is -2.12. The quantitative estimate of drug-likeness (QED) is 0.605. The molecule has 0 N–H and O–H groups in total. The molecule has 4 rings (SSSR count). The number of nitrogens with zero attached hydrogens (tertiary/aromatic N) is 2. The molecule has 1 aliphatic heterocycles. The molecule has 1 fully saturated rings. The van der Waals surface area contributed by atoms with Crippen LogP contribution in [0.25, 0.3) is 0 Å². The highest BCUT2D eigenvalue weighted by Gasteiger charge is 2.40. The number of rotatable bonds is 6. The normalized spacial score (nSPS) is 19.0. The van der Waals surface area contributed by atoms with Gasteiger partial charge in [0.2, 0.25) is 15.9 Å². The Labute approximate surface area is 191 Å². The molecule has 1 amide bonds. The van der Waals surface area contributed by atoms with Crippen molar-refractivity contribution in [1.29, 1.82) is 0 Å². The minimum absolute atomic E-state index is 0.0286. The lowest BCUT2D eigenvalue weighted by Crippen LogP contribution is -2.40. The number of furan rings is 1. The van der Waals surface area contributed by atoms with Gasteiger partial charge in [0.15, 0.2) is 0 Å². The van der Waals surface area contributed by atoms with Gasteiger partial charge >= 0.3 is 0 Å². The minimum atomic E-state index is -3.73. The highest BCUT2D eigenvalue weighted by atomic mass is 32.2. The van der Waals surface area contributed by atoms with Gasteiger partial charge in [-0.25, -0.2) is 8.42 Å². The standard InChI is InChI=1S/C25H34N2O4S/c1-18(2)24(28)26-17-25(3,4)22-15-21(12-13-23(22)26)32(29,30)27(16-20-11-8-14-31-20)19-9-6-5-7-10-19/h8,11-15,18-19H,5-7,9-10,16-17H2,1-4H3. The first-order chi connectivity index (χ1) is 15.1. The number of fused-ring (bicyclic) bond motifs is 1. The third-order valence-electron chi connectivity index (χ3n) is 6.78. The summed E-state index contributed by atoms with van der Waals surface area (Å²) in [5.41, 5.74) is 1.42. The first kappa shape index (κ1) is 23.1. The highest BCUT2D eigenvalue weighted by molar-refractivity contribution is 7.89. The van der Waals surface area contributed by atoms with Crippen molar-refractivity contribution >= 4 is 21.6 Å². The van der Waals surface area contributed by atoms with Crippen LogP contribution in [0.3, 0.4) is 0 Å². The summed E-state index contributed by atoms with van der Waals surface area (Å²) >= 11 is 0. The molecule has 0 unspecified atom stereocenters. The molecular formula is C25H34N2O4S. The van der Waals surface area contributed by atoms with Crippen molar-refractivity contribution in [3.05, 3.63) is 47.9 Å². The molecule has 1 aromatic carbocycles. The van der Waals surface area contributed by atoms with Crippen LogP contribution in [0.4, 0.5) is 5.69 Å². The van der Waals surface area contributed by atoms with Crippen LogP contribution in [0.1, 0.15) is 71.1 Å². The molecule has 0 radical (unpaired) electrons. The predicted molar refractivity (Wildman–Crippen MR) is 125 cm³/mol. The van der Waals surface area contributed by atoms with E-state index in [0.29, 0.717) is 17.2 Å². The van der Waals surface area contributed by atoms with Crippen LogP contribution in [-0.2, 0) is 26.8 Å². The molecule has 2 aromatic rings. The van der Waals surface area contributed by atoms with Crippen LogP contribution in [-0.4, -0.2) is 31.2 Å². The van der Waals surface area contributed by atoms with Crippen LogP contribution in [0.2, 0.25) is 0 Å². The van der Waals surface area contributed by atoms with Crippen molar-refractivity contribution in [3.63, 3.8) is 0 Å². The number of carbonyl (C=O) groups excluding carboxylic acids is 1. The molecular weight excluding hydrogens is 424 g/mol. The number of amides is 1. The lowest BCUT2D eigenvalue weighted by atomic mass is 9.87.